The number of carbonyl (C=O) groups excluding carboxylic acids is 2. The van der Waals surface area contributed by atoms with Gasteiger partial charge in [0.25, 0.3) is 0 Å². The summed E-state index contributed by atoms with van der Waals surface area (Å²) in [6.45, 7) is 3.26. The lowest BCUT2D eigenvalue weighted by Gasteiger charge is -2.41. The second-order valence-corrected chi connectivity index (χ2v) is 5.31. The molecule has 1 saturated carbocycles. The lowest BCUT2D eigenvalue weighted by atomic mass is 9.75. The van der Waals surface area contributed by atoms with Crippen molar-refractivity contribution in [2.24, 2.45) is 11.8 Å². The Hall–Kier alpha value is -0.860. The normalized spacial score (nSPS) is 29.7. The predicted molar refractivity (Wildman–Crippen MR) is 61.9 cm³/mol. The molecule has 1 aliphatic carbocycles. The van der Waals surface area contributed by atoms with Gasteiger partial charge in [-0.2, -0.15) is 0 Å². The number of Topliss-reactive ketones (excluding diaryl/α,β-unsaturated/α-hetero) is 1. The Balaban J connectivity index is 1.89. The zero-order valence-corrected chi connectivity index (χ0v) is 10.1. The number of hydrogen-bond acceptors (Lipinski definition) is 2. The van der Waals surface area contributed by atoms with Crippen LogP contribution in [-0.4, -0.2) is 29.7 Å². The zero-order valence-electron chi connectivity index (χ0n) is 10.1. The van der Waals surface area contributed by atoms with E-state index in [2.05, 4.69) is 0 Å². The molecule has 2 atom stereocenters. The van der Waals surface area contributed by atoms with E-state index in [-0.39, 0.29) is 18.1 Å². The fraction of sp³-hybridized carbons (Fsp3) is 0.846. The van der Waals surface area contributed by atoms with Gasteiger partial charge in [0.05, 0.1) is 6.42 Å². The SMILES string of the molecule is CC(=O)CC(=O)N1CCC2CCCCC2C1. The minimum Gasteiger partial charge on any atom is -0.342 e. The molecule has 0 aromatic carbocycles. The lowest BCUT2D eigenvalue weighted by Crippen LogP contribution is -2.45. The summed E-state index contributed by atoms with van der Waals surface area (Å²) in [5, 5.41) is 0. The van der Waals surface area contributed by atoms with Crippen molar-refractivity contribution in [2.45, 2.75) is 45.4 Å². The number of hydrogen-bond donors (Lipinski definition) is 0. The maximum atomic E-state index is 11.8. The number of amides is 1. The van der Waals surface area contributed by atoms with Gasteiger partial charge in [-0.1, -0.05) is 19.3 Å². The highest BCUT2D eigenvalue weighted by Gasteiger charge is 2.32. The van der Waals surface area contributed by atoms with Gasteiger partial charge in [-0.25, -0.2) is 0 Å². The van der Waals surface area contributed by atoms with Crippen molar-refractivity contribution in [3.63, 3.8) is 0 Å². The van der Waals surface area contributed by atoms with Crippen LogP contribution in [0.5, 0.6) is 0 Å². The maximum Gasteiger partial charge on any atom is 0.230 e. The van der Waals surface area contributed by atoms with E-state index < -0.39 is 0 Å². The van der Waals surface area contributed by atoms with Crippen LogP contribution < -0.4 is 0 Å². The number of piperidine rings is 1. The van der Waals surface area contributed by atoms with Gasteiger partial charge < -0.3 is 4.90 Å². The highest BCUT2D eigenvalue weighted by molar-refractivity contribution is 5.96. The maximum absolute atomic E-state index is 11.8. The molecule has 2 rings (SSSR count). The summed E-state index contributed by atoms with van der Waals surface area (Å²) in [7, 11) is 0. The molecular formula is C13H21NO2. The molecule has 0 aromatic heterocycles. The second kappa shape index (κ2) is 4.98. The molecule has 2 fully saturated rings. The minimum absolute atomic E-state index is 0.0178. The van der Waals surface area contributed by atoms with E-state index in [1.165, 1.54) is 32.6 Å². The third-order valence-electron chi connectivity index (χ3n) is 4.04. The Morgan fingerprint density at radius 2 is 1.81 bits per heavy atom. The first-order valence-electron chi connectivity index (χ1n) is 6.44. The minimum atomic E-state index is -0.0178. The molecule has 0 aromatic rings. The van der Waals surface area contributed by atoms with Crippen LogP contribution in [0.4, 0.5) is 0 Å². The zero-order chi connectivity index (χ0) is 11.5. The van der Waals surface area contributed by atoms with E-state index in [0.29, 0.717) is 5.92 Å². The highest BCUT2D eigenvalue weighted by Crippen LogP contribution is 2.36. The number of ketones is 1. The predicted octanol–water partition coefficient (Wildman–Crippen LogP) is 2.00. The van der Waals surface area contributed by atoms with Crippen LogP contribution in [0, 0.1) is 11.8 Å². The topological polar surface area (TPSA) is 37.4 Å². The Morgan fingerprint density at radius 3 is 2.50 bits per heavy atom. The van der Waals surface area contributed by atoms with Crippen LogP contribution in [0.3, 0.4) is 0 Å². The molecule has 1 saturated heterocycles. The second-order valence-electron chi connectivity index (χ2n) is 5.31. The molecule has 90 valence electrons. The Kier molecular flexibility index (Phi) is 3.62. The summed E-state index contributed by atoms with van der Waals surface area (Å²) in [6.07, 6.45) is 6.54. The van der Waals surface area contributed by atoms with Crippen molar-refractivity contribution >= 4 is 11.7 Å². The first kappa shape index (κ1) is 11.6. The molecule has 2 unspecified atom stereocenters. The molecule has 1 aliphatic heterocycles. The summed E-state index contributed by atoms with van der Waals surface area (Å²) in [5.41, 5.74) is 0. The van der Waals surface area contributed by atoms with Crippen molar-refractivity contribution in [1.29, 1.82) is 0 Å². The number of carbonyl (C=O) groups is 2. The van der Waals surface area contributed by atoms with Gasteiger partial charge in [-0.05, 0) is 31.6 Å². The number of likely N-dealkylation sites (tertiary alicyclic amines) is 1. The molecular weight excluding hydrogens is 202 g/mol. The fourth-order valence-electron chi connectivity index (χ4n) is 3.15. The summed E-state index contributed by atoms with van der Waals surface area (Å²) >= 11 is 0. The van der Waals surface area contributed by atoms with Crippen LogP contribution in [0.2, 0.25) is 0 Å². The summed E-state index contributed by atoms with van der Waals surface area (Å²) in [5.74, 6) is 1.57. The molecule has 3 nitrogen and oxygen atoms in total. The average Bonchev–Trinajstić information content (AvgIpc) is 2.27. The van der Waals surface area contributed by atoms with E-state index in [1.54, 1.807) is 0 Å². The Morgan fingerprint density at radius 1 is 1.12 bits per heavy atom. The smallest absolute Gasteiger partial charge is 0.230 e. The van der Waals surface area contributed by atoms with Crippen LogP contribution in [0.1, 0.15) is 45.4 Å². The summed E-state index contributed by atoms with van der Waals surface area (Å²) in [6, 6.07) is 0. The van der Waals surface area contributed by atoms with Crippen molar-refractivity contribution in [3.05, 3.63) is 0 Å². The Labute approximate surface area is 97.2 Å². The molecule has 1 amide bonds. The van der Waals surface area contributed by atoms with Gasteiger partial charge >= 0.3 is 0 Å². The molecule has 0 radical (unpaired) electrons. The van der Waals surface area contributed by atoms with Crippen LogP contribution in [0.15, 0.2) is 0 Å². The monoisotopic (exact) mass is 223 g/mol. The largest absolute Gasteiger partial charge is 0.342 e. The van der Waals surface area contributed by atoms with E-state index in [1.807, 2.05) is 4.90 Å². The van der Waals surface area contributed by atoms with Crippen molar-refractivity contribution in [2.75, 3.05) is 13.1 Å². The molecule has 0 bridgehead atoms. The standard InChI is InChI=1S/C13H21NO2/c1-10(15)8-13(16)14-7-6-11-4-2-3-5-12(11)9-14/h11-12H,2-9H2,1H3. The van der Waals surface area contributed by atoms with Gasteiger partial charge in [-0.3, -0.25) is 9.59 Å². The first-order valence-corrected chi connectivity index (χ1v) is 6.44. The number of rotatable bonds is 2. The lowest BCUT2D eigenvalue weighted by molar-refractivity contribution is -0.137. The third-order valence-corrected chi connectivity index (χ3v) is 4.04. The van der Waals surface area contributed by atoms with Gasteiger partial charge in [0.1, 0.15) is 5.78 Å². The molecule has 2 aliphatic rings. The van der Waals surface area contributed by atoms with Crippen LogP contribution in [-0.2, 0) is 9.59 Å². The van der Waals surface area contributed by atoms with Gasteiger partial charge in [-0.15, -0.1) is 0 Å². The first-order chi connectivity index (χ1) is 7.66. The summed E-state index contributed by atoms with van der Waals surface area (Å²) in [4.78, 5) is 24.6. The molecule has 3 heteroatoms. The average molecular weight is 223 g/mol. The molecule has 1 heterocycles. The van der Waals surface area contributed by atoms with E-state index in [9.17, 15) is 9.59 Å². The molecule has 0 spiro atoms. The summed E-state index contributed by atoms with van der Waals surface area (Å²) < 4.78 is 0. The van der Waals surface area contributed by atoms with Crippen LogP contribution >= 0.6 is 0 Å². The highest BCUT2D eigenvalue weighted by atomic mass is 16.2. The number of fused-ring (bicyclic) bond motifs is 1. The Bertz CT molecular complexity index is 288. The van der Waals surface area contributed by atoms with E-state index >= 15 is 0 Å². The van der Waals surface area contributed by atoms with Crippen LogP contribution in [0.25, 0.3) is 0 Å². The number of nitrogens with zero attached hydrogens (tertiary/aromatic N) is 1. The van der Waals surface area contributed by atoms with E-state index in [0.717, 1.165) is 25.4 Å². The third kappa shape index (κ3) is 2.63. The fourth-order valence-corrected chi connectivity index (χ4v) is 3.15. The van der Waals surface area contributed by atoms with Crippen molar-refractivity contribution in [1.82, 2.24) is 4.90 Å². The van der Waals surface area contributed by atoms with Gasteiger partial charge in [0, 0.05) is 13.1 Å². The van der Waals surface area contributed by atoms with Crippen molar-refractivity contribution in [3.8, 4) is 0 Å². The van der Waals surface area contributed by atoms with Crippen molar-refractivity contribution < 1.29 is 9.59 Å². The van der Waals surface area contributed by atoms with Gasteiger partial charge in [0.2, 0.25) is 5.91 Å². The molecule has 0 N–H and O–H groups in total. The van der Waals surface area contributed by atoms with Gasteiger partial charge in [0.15, 0.2) is 0 Å². The quantitative estimate of drug-likeness (QED) is 0.671. The van der Waals surface area contributed by atoms with E-state index in [4.69, 9.17) is 0 Å². The molecule has 16 heavy (non-hydrogen) atoms.